The number of nitrogens with two attached hydrogens (primary N) is 1. The molecule has 16 heavy (non-hydrogen) atoms. The molecule has 0 radical (unpaired) electrons. The van der Waals surface area contributed by atoms with Crippen molar-refractivity contribution in [1.29, 1.82) is 0 Å². The van der Waals surface area contributed by atoms with Crippen molar-refractivity contribution in [3.8, 4) is 11.4 Å². The van der Waals surface area contributed by atoms with E-state index in [-0.39, 0.29) is 0 Å². The maximum Gasteiger partial charge on any atom is 0.144 e. The van der Waals surface area contributed by atoms with Gasteiger partial charge >= 0.3 is 0 Å². The first-order chi connectivity index (χ1) is 7.70. The fourth-order valence-corrected chi connectivity index (χ4v) is 1.50. The average molecular weight is 217 g/mol. The van der Waals surface area contributed by atoms with Crippen LogP contribution in [0.25, 0.3) is 5.69 Å². The molecule has 0 bridgehead atoms. The standard InChI is InChI=1S/C12H15N3O/c1-3-16-12-8-10(4-5-11(12)13)15-7-6-9(2)14-15/h4-8H,3,13H2,1-2H3. The van der Waals surface area contributed by atoms with Crippen molar-refractivity contribution in [3.05, 3.63) is 36.2 Å². The molecule has 1 aromatic heterocycles. The van der Waals surface area contributed by atoms with Crippen LogP contribution < -0.4 is 10.5 Å². The molecule has 0 aliphatic rings. The summed E-state index contributed by atoms with van der Waals surface area (Å²) in [5, 5.41) is 4.33. The molecular formula is C12H15N3O. The molecule has 2 rings (SSSR count). The zero-order chi connectivity index (χ0) is 11.5. The second kappa shape index (κ2) is 4.26. The summed E-state index contributed by atoms with van der Waals surface area (Å²) in [6.45, 7) is 4.49. The summed E-state index contributed by atoms with van der Waals surface area (Å²) in [6.07, 6.45) is 1.91. The SMILES string of the molecule is CCOc1cc(-n2ccc(C)n2)ccc1N. The van der Waals surface area contributed by atoms with Gasteiger partial charge in [0.05, 0.1) is 23.7 Å². The van der Waals surface area contributed by atoms with Gasteiger partial charge in [-0.2, -0.15) is 5.10 Å². The fourth-order valence-electron chi connectivity index (χ4n) is 1.50. The molecule has 0 aliphatic carbocycles. The predicted octanol–water partition coefficient (Wildman–Crippen LogP) is 2.16. The van der Waals surface area contributed by atoms with Crippen molar-refractivity contribution in [1.82, 2.24) is 9.78 Å². The zero-order valence-corrected chi connectivity index (χ0v) is 9.47. The van der Waals surface area contributed by atoms with Gasteiger partial charge < -0.3 is 10.5 Å². The van der Waals surface area contributed by atoms with Crippen LogP contribution in [0.5, 0.6) is 5.75 Å². The van der Waals surface area contributed by atoms with E-state index >= 15 is 0 Å². The first kappa shape index (κ1) is 10.5. The molecule has 0 saturated carbocycles. The molecule has 0 atom stereocenters. The molecule has 84 valence electrons. The third kappa shape index (κ3) is 2.00. The summed E-state index contributed by atoms with van der Waals surface area (Å²) >= 11 is 0. The molecule has 0 saturated heterocycles. The third-order valence-corrected chi connectivity index (χ3v) is 2.28. The monoisotopic (exact) mass is 217 g/mol. The van der Waals surface area contributed by atoms with E-state index in [9.17, 15) is 0 Å². The minimum absolute atomic E-state index is 0.603. The van der Waals surface area contributed by atoms with Crippen molar-refractivity contribution in [2.75, 3.05) is 12.3 Å². The van der Waals surface area contributed by atoms with Gasteiger partial charge in [0.1, 0.15) is 5.75 Å². The number of aryl methyl sites for hydroxylation is 1. The van der Waals surface area contributed by atoms with Gasteiger partial charge in [0, 0.05) is 12.3 Å². The smallest absolute Gasteiger partial charge is 0.144 e. The lowest BCUT2D eigenvalue weighted by Crippen LogP contribution is -2.00. The van der Waals surface area contributed by atoms with Gasteiger partial charge in [0.25, 0.3) is 0 Å². The Morgan fingerprint density at radius 1 is 1.38 bits per heavy atom. The van der Waals surface area contributed by atoms with Gasteiger partial charge in [0.15, 0.2) is 0 Å². The molecule has 2 aromatic rings. The minimum Gasteiger partial charge on any atom is -0.492 e. The highest BCUT2D eigenvalue weighted by atomic mass is 16.5. The molecule has 0 amide bonds. The molecule has 2 N–H and O–H groups in total. The van der Waals surface area contributed by atoms with E-state index in [1.165, 1.54) is 0 Å². The number of anilines is 1. The summed E-state index contributed by atoms with van der Waals surface area (Å²) in [4.78, 5) is 0. The van der Waals surface area contributed by atoms with Crippen molar-refractivity contribution in [3.63, 3.8) is 0 Å². The quantitative estimate of drug-likeness (QED) is 0.801. The maximum atomic E-state index is 5.80. The van der Waals surface area contributed by atoms with Crippen molar-refractivity contribution < 1.29 is 4.74 Å². The molecule has 1 aromatic carbocycles. The molecule has 4 heteroatoms. The van der Waals surface area contributed by atoms with Crippen LogP contribution in [0.4, 0.5) is 5.69 Å². The van der Waals surface area contributed by atoms with Gasteiger partial charge in [-0.1, -0.05) is 0 Å². The van der Waals surface area contributed by atoms with Gasteiger partial charge in [-0.25, -0.2) is 4.68 Å². The lowest BCUT2D eigenvalue weighted by atomic mass is 10.2. The van der Waals surface area contributed by atoms with Crippen LogP contribution in [-0.2, 0) is 0 Å². The Labute approximate surface area is 94.6 Å². The summed E-state index contributed by atoms with van der Waals surface area (Å²) in [7, 11) is 0. The van der Waals surface area contributed by atoms with Crippen molar-refractivity contribution in [2.24, 2.45) is 0 Å². The van der Waals surface area contributed by atoms with E-state index in [1.807, 2.05) is 44.3 Å². The molecule has 0 aliphatic heterocycles. The third-order valence-electron chi connectivity index (χ3n) is 2.28. The second-order valence-electron chi connectivity index (χ2n) is 3.56. The molecule has 0 unspecified atom stereocenters. The molecule has 1 heterocycles. The van der Waals surface area contributed by atoms with E-state index in [0.29, 0.717) is 18.0 Å². The van der Waals surface area contributed by atoms with Crippen LogP contribution >= 0.6 is 0 Å². The number of benzene rings is 1. The minimum atomic E-state index is 0.603. The number of hydrogen-bond donors (Lipinski definition) is 1. The van der Waals surface area contributed by atoms with E-state index in [1.54, 1.807) is 4.68 Å². The first-order valence-corrected chi connectivity index (χ1v) is 5.25. The summed E-state index contributed by atoms with van der Waals surface area (Å²) in [5.74, 6) is 0.702. The van der Waals surface area contributed by atoms with Crippen molar-refractivity contribution in [2.45, 2.75) is 13.8 Å². The second-order valence-corrected chi connectivity index (χ2v) is 3.56. The normalized spacial score (nSPS) is 10.4. The van der Waals surface area contributed by atoms with E-state index in [0.717, 1.165) is 11.4 Å². The fraction of sp³-hybridized carbons (Fsp3) is 0.250. The van der Waals surface area contributed by atoms with Gasteiger partial charge in [-0.15, -0.1) is 0 Å². The summed E-state index contributed by atoms with van der Waals surface area (Å²) < 4.78 is 7.24. The van der Waals surface area contributed by atoms with Crippen LogP contribution in [0.2, 0.25) is 0 Å². The Morgan fingerprint density at radius 3 is 2.81 bits per heavy atom. The van der Waals surface area contributed by atoms with Gasteiger partial charge in [-0.3, -0.25) is 0 Å². The highest BCUT2D eigenvalue weighted by Gasteiger charge is 2.04. The number of nitrogen functional groups attached to an aromatic ring is 1. The number of ether oxygens (including phenoxy) is 1. The van der Waals surface area contributed by atoms with Crippen LogP contribution in [-0.4, -0.2) is 16.4 Å². The lowest BCUT2D eigenvalue weighted by Gasteiger charge is -2.09. The number of aromatic nitrogens is 2. The largest absolute Gasteiger partial charge is 0.492 e. The number of rotatable bonds is 3. The van der Waals surface area contributed by atoms with Crippen LogP contribution in [0, 0.1) is 6.92 Å². The first-order valence-electron chi connectivity index (χ1n) is 5.25. The molecule has 0 spiro atoms. The molecule has 4 nitrogen and oxygen atoms in total. The topological polar surface area (TPSA) is 53.1 Å². The van der Waals surface area contributed by atoms with Gasteiger partial charge in [0.2, 0.25) is 0 Å². The van der Waals surface area contributed by atoms with Crippen LogP contribution in [0.3, 0.4) is 0 Å². The summed E-state index contributed by atoms with van der Waals surface area (Å²) in [5.41, 5.74) is 8.38. The predicted molar refractivity (Wildman–Crippen MR) is 63.9 cm³/mol. The highest BCUT2D eigenvalue weighted by Crippen LogP contribution is 2.24. The Morgan fingerprint density at radius 2 is 2.19 bits per heavy atom. The maximum absolute atomic E-state index is 5.80. The summed E-state index contributed by atoms with van der Waals surface area (Å²) in [6, 6.07) is 7.60. The lowest BCUT2D eigenvalue weighted by molar-refractivity contribution is 0.342. The Balaban J connectivity index is 2.39. The Bertz CT molecular complexity index is 491. The van der Waals surface area contributed by atoms with Gasteiger partial charge in [-0.05, 0) is 32.0 Å². The zero-order valence-electron chi connectivity index (χ0n) is 9.47. The average Bonchev–Trinajstić information content (AvgIpc) is 2.69. The van der Waals surface area contributed by atoms with Crippen LogP contribution in [0.1, 0.15) is 12.6 Å². The van der Waals surface area contributed by atoms with E-state index in [2.05, 4.69) is 5.10 Å². The van der Waals surface area contributed by atoms with Crippen molar-refractivity contribution >= 4 is 5.69 Å². The Kier molecular flexibility index (Phi) is 2.81. The number of hydrogen-bond acceptors (Lipinski definition) is 3. The molecule has 0 fully saturated rings. The van der Waals surface area contributed by atoms with E-state index in [4.69, 9.17) is 10.5 Å². The van der Waals surface area contributed by atoms with E-state index < -0.39 is 0 Å². The molecular weight excluding hydrogens is 202 g/mol. The van der Waals surface area contributed by atoms with Crippen LogP contribution in [0.15, 0.2) is 30.5 Å². The number of nitrogens with zero attached hydrogens (tertiary/aromatic N) is 2. The Hall–Kier alpha value is -1.97. The highest BCUT2D eigenvalue weighted by molar-refractivity contribution is 5.57.